The average Bonchev–Trinajstić information content (AvgIpc) is 2.49. The van der Waals surface area contributed by atoms with E-state index in [1.165, 1.54) is 25.9 Å². The maximum atomic E-state index is 8.96. The SMILES string of the molecule is COc1ccc(C#N)cc1CNCC1CCN(C)CC1. The topological polar surface area (TPSA) is 48.3 Å². The molecule has 1 fully saturated rings. The number of nitrogens with zero attached hydrogens (tertiary/aromatic N) is 2. The number of likely N-dealkylation sites (tertiary alicyclic amines) is 1. The van der Waals surface area contributed by atoms with Gasteiger partial charge in [0.05, 0.1) is 18.7 Å². The minimum atomic E-state index is 0.682. The summed E-state index contributed by atoms with van der Waals surface area (Å²) in [4.78, 5) is 2.38. The van der Waals surface area contributed by atoms with Crippen molar-refractivity contribution < 1.29 is 4.74 Å². The van der Waals surface area contributed by atoms with Gasteiger partial charge in [0, 0.05) is 12.1 Å². The van der Waals surface area contributed by atoms with Crippen LogP contribution in [-0.4, -0.2) is 38.7 Å². The number of piperidine rings is 1. The number of benzene rings is 1. The first-order valence-corrected chi connectivity index (χ1v) is 7.19. The second-order valence-corrected chi connectivity index (χ2v) is 5.52. The molecule has 1 heterocycles. The molecule has 0 atom stereocenters. The number of rotatable bonds is 5. The van der Waals surface area contributed by atoms with Gasteiger partial charge in [-0.2, -0.15) is 5.26 Å². The van der Waals surface area contributed by atoms with Crippen LogP contribution in [0.25, 0.3) is 0 Å². The summed E-state index contributed by atoms with van der Waals surface area (Å²) in [6.45, 7) is 4.18. The number of nitrogens with one attached hydrogen (secondary N) is 1. The van der Waals surface area contributed by atoms with Crippen LogP contribution in [0.15, 0.2) is 18.2 Å². The summed E-state index contributed by atoms with van der Waals surface area (Å²) in [7, 11) is 3.85. The molecule has 0 spiro atoms. The van der Waals surface area contributed by atoms with E-state index in [-0.39, 0.29) is 0 Å². The van der Waals surface area contributed by atoms with Crippen LogP contribution >= 0.6 is 0 Å². The van der Waals surface area contributed by atoms with Crippen molar-refractivity contribution in [2.75, 3.05) is 33.8 Å². The summed E-state index contributed by atoms with van der Waals surface area (Å²) < 4.78 is 5.35. The van der Waals surface area contributed by atoms with Crippen LogP contribution in [0.2, 0.25) is 0 Å². The highest BCUT2D eigenvalue weighted by molar-refractivity contribution is 5.41. The molecular formula is C16H23N3O. The highest BCUT2D eigenvalue weighted by atomic mass is 16.5. The molecule has 1 aliphatic rings. The molecule has 0 unspecified atom stereocenters. The van der Waals surface area contributed by atoms with E-state index < -0.39 is 0 Å². The molecule has 4 heteroatoms. The Labute approximate surface area is 121 Å². The maximum absolute atomic E-state index is 8.96. The van der Waals surface area contributed by atoms with Crippen LogP contribution in [0.5, 0.6) is 5.75 Å². The van der Waals surface area contributed by atoms with Crippen LogP contribution < -0.4 is 10.1 Å². The second kappa shape index (κ2) is 7.28. The molecule has 0 radical (unpaired) electrons. The summed E-state index contributed by atoms with van der Waals surface area (Å²) in [5.41, 5.74) is 1.74. The van der Waals surface area contributed by atoms with Crippen molar-refractivity contribution in [3.8, 4) is 11.8 Å². The molecule has 0 amide bonds. The fourth-order valence-electron chi connectivity index (χ4n) is 2.66. The van der Waals surface area contributed by atoms with Gasteiger partial charge in [-0.3, -0.25) is 0 Å². The standard InChI is InChI=1S/C16H23N3O/c1-19-7-5-13(6-8-19)11-18-12-15-9-14(10-17)3-4-16(15)20-2/h3-4,9,13,18H,5-8,11-12H2,1-2H3. The van der Waals surface area contributed by atoms with Gasteiger partial charge in [0.25, 0.3) is 0 Å². The van der Waals surface area contributed by atoms with Crippen LogP contribution in [-0.2, 0) is 6.54 Å². The van der Waals surface area contributed by atoms with Crippen LogP contribution in [0, 0.1) is 17.2 Å². The van der Waals surface area contributed by atoms with Gasteiger partial charge in [-0.25, -0.2) is 0 Å². The lowest BCUT2D eigenvalue weighted by Gasteiger charge is -2.29. The monoisotopic (exact) mass is 273 g/mol. The Kier molecular flexibility index (Phi) is 5.40. The predicted octanol–water partition coefficient (Wildman–Crippen LogP) is 2.00. The predicted molar refractivity (Wildman–Crippen MR) is 79.6 cm³/mol. The Hall–Kier alpha value is -1.57. The van der Waals surface area contributed by atoms with Crippen LogP contribution in [0.3, 0.4) is 0 Å². The molecule has 108 valence electrons. The van der Waals surface area contributed by atoms with Gasteiger partial charge >= 0.3 is 0 Å². The lowest BCUT2D eigenvalue weighted by molar-refractivity contribution is 0.216. The van der Waals surface area contributed by atoms with Gasteiger partial charge < -0.3 is 15.0 Å². The molecule has 1 saturated heterocycles. The van der Waals surface area contributed by atoms with Gasteiger partial charge in [0.15, 0.2) is 0 Å². The van der Waals surface area contributed by atoms with E-state index in [0.29, 0.717) is 5.56 Å². The van der Waals surface area contributed by atoms with Crippen molar-refractivity contribution in [1.29, 1.82) is 5.26 Å². The third-order valence-electron chi connectivity index (χ3n) is 4.00. The Morgan fingerprint density at radius 2 is 2.15 bits per heavy atom. The third-order valence-corrected chi connectivity index (χ3v) is 4.00. The normalized spacial score (nSPS) is 16.9. The highest BCUT2D eigenvalue weighted by Crippen LogP contribution is 2.20. The zero-order valence-corrected chi connectivity index (χ0v) is 12.4. The molecule has 1 aromatic rings. The Morgan fingerprint density at radius 1 is 1.40 bits per heavy atom. The molecule has 0 aromatic heterocycles. The first-order chi connectivity index (χ1) is 9.72. The average molecular weight is 273 g/mol. The fraction of sp³-hybridized carbons (Fsp3) is 0.562. The minimum Gasteiger partial charge on any atom is -0.496 e. The Balaban J connectivity index is 1.86. The molecule has 0 bridgehead atoms. The number of hydrogen-bond acceptors (Lipinski definition) is 4. The van der Waals surface area contributed by atoms with Gasteiger partial charge in [-0.15, -0.1) is 0 Å². The summed E-state index contributed by atoms with van der Waals surface area (Å²) in [5.74, 6) is 1.61. The third kappa shape index (κ3) is 3.96. The van der Waals surface area contributed by atoms with Crippen molar-refractivity contribution in [3.63, 3.8) is 0 Å². The molecule has 1 aliphatic heterocycles. The first kappa shape index (κ1) is 14.8. The minimum absolute atomic E-state index is 0.682. The quantitative estimate of drug-likeness (QED) is 0.891. The molecule has 0 saturated carbocycles. The lowest BCUT2D eigenvalue weighted by atomic mass is 9.97. The van der Waals surface area contributed by atoms with Gasteiger partial charge in [-0.1, -0.05) is 0 Å². The van der Waals surface area contributed by atoms with E-state index in [4.69, 9.17) is 10.00 Å². The summed E-state index contributed by atoms with van der Waals surface area (Å²) in [6, 6.07) is 7.73. The van der Waals surface area contributed by atoms with Crippen molar-refractivity contribution in [2.24, 2.45) is 5.92 Å². The highest BCUT2D eigenvalue weighted by Gasteiger charge is 2.16. The number of methoxy groups -OCH3 is 1. The van der Waals surface area contributed by atoms with Gasteiger partial charge in [0.2, 0.25) is 0 Å². The van der Waals surface area contributed by atoms with Crippen LogP contribution in [0.4, 0.5) is 0 Å². The van der Waals surface area contributed by atoms with Gasteiger partial charge in [0.1, 0.15) is 5.75 Å². The molecule has 4 nitrogen and oxygen atoms in total. The Morgan fingerprint density at radius 3 is 2.80 bits per heavy atom. The van der Waals surface area contributed by atoms with Crippen LogP contribution in [0.1, 0.15) is 24.0 Å². The smallest absolute Gasteiger partial charge is 0.123 e. The Bertz CT molecular complexity index is 473. The van der Waals surface area contributed by atoms with Crippen molar-refractivity contribution in [3.05, 3.63) is 29.3 Å². The lowest BCUT2D eigenvalue weighted by Crippen LogP contribution is -2.34. The molecule has 1 aromatic carbocycles. The molecule has 1 N–H and O–H groups in total. The number of hydrogen-bond donors (Lipinski definition) is 1. The van der Waals surface area contributed by atoms with E-state index in [2.05, 4.69) is 23.3 Å². The molecular weight excluding hydrogens is 250 g/mol. The number of nitriles is 1. The van der Waals surface area contributed by atoms with E-state index >= 15 is 0 Å². The largest absolute Gasteiger partial charge is 0.496 e. The van der Waals surface area contributed by atoms with E-state index in [1.807, 2.05) is 12.1 Å². The zero-order chi connectivity index (χ0) is 14.4. The molecule has 2 rings (SSSR count). The van der Waals surface area contributed by atoms with Crippen molar-refractivity contribution in [2.45, 2.75) is 19.4 Å². The van der Waals surface area contributed by atoms with Crippen molar-refractivity contribution >= 4 is 0 Å². The second-order valence-electron chi connectivity index (χ2n) is 5.52. The fourth-order valence-corrected chi connectivity index (χ4v) is 2.66. The van der Waals surface area contributed by atoms with Crippen molar-refractivity contribution in [1.82, 2.24) is 10.2 Å². The van der Waals surface area contributed by atoms with E-state index in [1.54, 1.807) is 13.2 Å². The molecule has 0 aliphatic carbocycles. The summed E-state index contributed by atoms with van der Waals surface area (Å²) in [6.07, 6.45) is 2.53. The summed E-state index contributed by atoms with van der Waals surface area (Å²) in [5, 5.41) is 12.5. The molecule has 20 heavy (non-hydrogen) atoms. The van der Waals surface area contributed by atoms with E-state index in [9.17, 15) is 0 Å². The first-order valence-electron chi connectivity index (χ1n) is 7.19. The zero-order valence-electron chi connectivity index (χ0n) is 12.4. The van der Waals surface area contributed by atoms with Gasteiger partial charge in [-0.05, 0) is 63.6 Å². The summed E-state index contributed by atoms with van der Waals surface area (Å²) >= 11 is 0. The maximum Gasteiger partial charge on any atom is 0.123 e. The number of ether oxygens (including phenoxy) is 1. The van der Waals surface area contributed by atoms with E-state index in [0.717, 1.165) is 30.3 Å².